The fourth-order valence-electron chi connectivity index (χ4n) is 1.34. The normalized spacial score (nSPS) is 11.2. The summed E-state index contributed by atoms with van der Waals surface area (Å²) in [6.07, 6.45) is -3.24. The zero-order valence-corrected chi connectivity index (χ0v) is 10.5. The van der Waals surface area contributed by atoms with Gasteiger partial charge in [0.15, 0.2) is 0 Å². The van der Waals surface area contributed by atoms with Crippen LogP contribution in [0.25, 0.3) is 0 Å². The van der Waals surface area contributed by atoms with E-state index in [1.54, 1.807) is 0 Å². The molecule has 0 saturated heterocycles. The number of halogens is 4. The van der Waals surface area contributed by atoms with Crippen LogP contribution in [0.2, 0.25) is 5.02 Å². The number of alkyl halides is 3. The van der Waals surface area contributed by atoms with E-state index in [1.807, 2.05) is 0 Å². The maximum atomic E-state index is 12.6. The van der Waals surface area contributed by atoms with E-state index in [4.69, 9.17) is 22.2 Å². The summed E-state index contributed by atoms with van der Waals surface area (Å²) in [5.74, 6) is 4.99. The van der Waals surface area contributed by atoms with Crippen molar-refractivity contribution in [1.29, 1.82) is 0 Å². The molecule has 0 saturated carbocycles. The predicted molar refractivity (Wildman–Crippen MR) is 66.4 cm³/mol. The van der Waals surface area contributed by atoms with Crippen molar-refractivity contribution in [2.24, 2.45) is 5.84 Å². The van der Waals surface area contributed by atoms with Crippen LogP contribution in [0.1, 0.15) is 5.56 Å². The van der Waals surface area contributed by atoms with Gasteiger partial charge in [0.1, 0.15) is 10.8 Å². The molecule has 0 bridgehead atoms. The smallest absolute Gasteiger partial charge is 0.416 e. The minimum atomic E-state index is -4.46. The Morgan fingerprint density at radius 1 is 1.30 bits per heavy atom. The van der Waals surface area contributed by atoms with Crippen LogP contribution in [-0.4, -0.2) is 9.97 Å². The molecule has 0 aliphatic heterocycles. The summed E-state index contributed by atoms with van der Waals surface area (Å²) in [6, 6.07) is 4.34. The Bertz CT molecular complexity index is 621. The van der Waals surface area contributed by atoms with E-state index in [0.717, 1.165) is 12.1 Å². The molecule has 0 aliphatic rings. The highest BCUT2D eigenvalue weighted by atomic mass is 35.5. The van der Waals surface area contributed by atoms with Crippen molar-refractivity contribution >= 4 is 17.5 Å². The quantitative estimate of drug-likeness (QED) is 0.673. The molecule has 2 rings (SSSR count). The van der Waals surface area contributed by atoms with Gasteiger partial charge in [-0.25, -0.2) is 10.8 Å². The number of hydrazine groups is 1. The number of nitrogens with two attached hydrogens (primary N) is 1. The van der Waals surface area contributed by atoms with Crippen molar-refractivity contribution in [3.8, 4) is 11.6 Å². The van der Waals surface area contributed by atoms with Crippen molar-refractivity contribution < 1.29 is 17.9 Å². The van der Waals surface area contributed by atoms with Crippen LogP contribution >= 0.6 is 11.6 Å². The summed E-state index contributed by atoms with van der Waals surface area (Å²) in [6.45, 7) is 0. The first-order valence-electron chi connectivity index (χ1n) is 5.24. The van der Waals surface area contributed by atoms with E-state index in [9.17, 15) is 13.2 Å². The van der Waals surface area contributed by atoms with Crippen molar-refractivity contribution in [2.75, 3.05) is 5.43 Å². The Morgan fingerprint density at radius 3 is 2.70 bits per heavy atom. The fourth-order valence-corrected chi connectivity index (χ4v) is 1.47. The van der Waals surface area contributed by atoms with Gasteiger partial charge in [0.25, 0.3) is 0 Å². The first-order chi connectivity index (χ1) is 9.40. The SMILES string of the molecule is NNc1ncc(Cl)c(Oc2cccc(C(F)(F)F)c2)n1. The molecule has 0 aliphatic carbocycles. The first-order valence-corrected chi connectivity index (χ1v) is 5.62. The molecule has 1 aromatic carbocycles. The Hall–Kier alpha value is -2.06. The molecule has 9 heteroatoms. The van der Waals surface area contributed by atoms with Crippen molar-refractivity contribution in [2.45, 2.75) is 6.18 Å². The summed E-state index contributed by atoms with van der Waals surface area (Å²) in [5.41, 5.74) is 1.34. The van der Waals surface area contributed by atoms with Crippen LogP contribution in [0.4, 0.5) is 19.1 Å². The Morgan fingerprint density at radius 2 is 2.05 bits per heavy atom. The van der Waals surface area contributed by atoms with Gasteiger partial charge in [-0.2, -0.15) is 18.2 Å². The lowest BCUT2D eigenvalue weighted by molar-refractivity contribution is -0.137. The van der Waals surface area contributed by atoms with Gasteiger partial charge in [0, 0.05) is 0 Å². The molecule has 1 aromatic heterocycles. The van der Waals surface area contributed by atoms with Gasteiger partial charge in [-0.1, -0.05) is 17.7 Å². The van der Waals surface area contributed by atoms with Crippen molar-refractivity contribution in [3.63, 3.8) is 0 Å². The summed E-state index contributed by atoms with van der Waals surface area (Å²) in [7, 11) is 0. The fraction of sp³-hybridized carbons (Fsp3) is 0.0909. The number of hydrogen-bond acceptors (Lipinski definition) is 5. The minimum absolute atomic E-state index is 0.0244. The average Bonchev–Trinajstić information content (AvgIpc) is 2.41. The zero-order chi connectivity index (χ0) is 14.8. The van der Waals surface area contributed by atoms with Crippen molar-refractivity contribution in [1.82, 2.24) is 9.97 Å². The monoisotopic (exact) mass is 304 g/mol. The molecule has 20 heavy (non-hydrogen) atoms. The molecule has 5 nitrogen and oxygen atoms in total. The Labute approximate surface area is 116 Å². The van der Waals surface area contributed by atoms with Crippen molar-refractivity contribution in [3.05, 3.63) is 41.0 Å². The number of anilines is 1. The van der Waals surface area contributed by atoms with Crippen LogP contribution in [0.5, 0.6) is 11.6 Å². The van der Waals surface area contributed by atoms with Crippen LogP contribution < -0.4 is 16.0 Å². The third kappa shape index (κ3) is 3.28. The second-order valence-electron chi connectivity index (χ2n) is 3.62. The second-order valence-corrected chi connectivity index (χ2v) is 4.03. The predicted octanol–water partition coefficient (Wildman–Crippen LogP) is 3.23. The maximum absolute atomic E-state index is 12.6. The van der Waals surface area contributed by atoms with E-state index < -0.39 is 11.7 Å². The second kappa shape index (κ2) is 5.51. The average molecular weight is 305 g/mol. The number of nitrogens with zero attached hydrogens (tertiary/aromatic N) is 2. The summed E-state index contributed by atoms with van der Waals surface area (Å²) < 4.78 is 42.9. The maximum Gasteiger partial charge on any atom is 0.416 e. The lowest BCUT2D eigenvalue weighted by Gasteiger charge is -2.10. The van der Waals surface area contributed by atoms with E-state index in [2.05, 4.69) is 15.4 Å². The highest BCUT2D eigenvalue weighted by Gasteiger charge is 2.30. The van der Waals surface area contributed by atoms with Crippen LogP contribution in [0.3, 0.4) is 0 Å². The molecule has 1 heterocycles. The lowest BCUT2D eigenvalue weighted by Crippen LogP contribution is -2.10. The highest BCUT2D eigenvalue weighted by molar-refractivity contribution is 6.31. The van der Waals surface area contributed by atoms with Crippen LogP contribution in [-0.2, 0) is 6.18 Å². The molecule has 0 atom stereocenters. The minimum Gasteiger partial charge on any atom is -0.437 e. The lowest BCUT2D eigenvalue weighted by atomic mass is 10.2. The van der Waals surface area contributed by atoms with E-state index in [0.29, 0.717) is 0 Å². The first kappa shape index (κ1) is 14.4. The van der Waals surface area contributed by atoms with E-state index in [-0.39, 0.29) is 22.6 Å². The van der Waals surface area contributed by atoms with Gasteiger partial charge in [-0.15, -0.1) is 0 Å². The molecule has 0 amide bonds. The zero-order valence-electron chi connectivity index (χ0n) is 9.78. The summed E-state index contributed by atoms with van der Waals surface area (Å²) in [5, 5.41) is 0.0430. The Balaban J connectivity index is 2.30. The molecule has 0 fully saturated rings. The van der Waals surface area contributed by atoms with Gasteiger partial charge in [-0.3, -0.25) is 5.43 Å². The third-order valence-electron chi connectivity index (χ3n) is 2.22. The van der Waals surface area contributed by atoms with Gasteiger partial charge in [-0.05, 0) is 18.2 Å². The Kier molecular flexibility index (Phi) is 3.96. The molecular formula is C11H8ClF3N4O. The van der Waals surface area contributed by atoms with E-state index in [1.165, 1.54) is 18.3 Å². The van der Waals surface area contributed by atoms with Gasteiger partial charge < -0.3 is 4.74 Å². The van der Waals surface area contributed by atoms with E-state index >= 15 is 0 Å². The largest absolute Gasteiger partial charge is 0.437 e. The summed E-state index contributed by atoms with van der Waals surface area (Å²) in [4.78, 5) is 7.51. The molecule has 0 radical (unpaired) electrons. The molecule has 3 N–H and O–H groups in total. The van der Waals surface area contributed by atoms with Gasteiger partial charge >= 0.3 is 6.18 Å². The summed E-state index contributed by atoms with van der Waals surface area (Å²) >= 11 is 5.79. The van der Waals surface area contributed by atoms with Gasteiger partial charge in [0.2, 0.25) is 11.8 Å². The molecule has 0 unspecified atom stereocenters. The van der Waals surface area contributed by atoms with Gasteiger partial charge in [0.05, 0.1) is 11.8 Å². The topological polar surface area (TPSA) is 73.1 Å². The number of hydrogen-bond donors (Lipinski definition) is 2. The van der Waals surface area contributed by atoms with Crippen LogP contribution in [0.15, 0.2) is 30.5 Å². The highest BCUT2D eigenvalue weighted by Crippen LogP contribution is 2.33. The molecular weight excluding hydrogens is 297 g/mol. The molecule has 106 valence electrons. The van der Waals surface area contributed by atoms with Crippen LogP contribution in [0, 0.1) is 0 Å². The number of ether oxygens (including phenoxy) is 1. The standard InChI is InChI=1S/C11H8ClF3N4O/c12-8-5-17-10(19-16)18-9(8)20-7-3-1-2-6(4-7)11(13,14)15/h1-5H,16H2,(H,17,18,19). The number of rotatable bonds is 3. The number of aromatic nitrogens is 2. The number of nitrogens with one attached hydrogen (secondary N) is 1. The third-order valence-corrected chi connectivity index (χ3v) is 2.48. The number of nitrogen functional groups attached to an aromatic ring is 1. The molecule has 0 spiro atoms. The number of benzene rings is 1. The molecule has 2 aromatic rings.